The van der Waals surface area contributed by atoms with Gasteiger partial charge in [0.15, 0.2) is 6.61 Å². The highest BCUT2D eigenvalue weighted by atomic mass is 16.6. The Hall–Kier alpha value is -2.03. The van der Waals surface area contributed by atoms with Crippen molar-refractivity contribution in [2.24, 2.45) is 11.3 Å². The molecule has 1 aliphatic carbocycles. The first-order valence-electron chi connectivity index (χ1n) is 8.25. The monoisotopic (exact) mass is 314 g/mol. The molecule has 0 aliphatic heterocycles. The summed E-state index contributed by atoms with van der Waals surface area (Å²) >= 11 is 0. The Morgan fingerprint density at radius 3 is 2.61 bits per heavy atom. The SMILES string of the molecule is CCC(C)(C)C[C@H]1C=CC(OCC(=O)Oc2ccccc2)=CC1. The first-order chi connectivity index (χ1) is 11.0. The minimum absolute atomic E-state index is 0.0732. The third kappa shape index (κ3) is 5.93. The van der Waals surface area contributed by atoms with Crippen LogP contribution in [0.4, 0.5) is 0 Å². The Bertz CT molecular complexity index is 570. The fourth-order valence-electron chi connectivity index (χ4n) is 2.55. The average Bonchev–Trinajstić information content (AvgIpc) is 2.55. The molecular formula is C20H26O3. The van der Waals surface area contributed by atoms with E-state index in [1.54, 1.807) is 12.1 Å². The second-order valence-electron chi connectivity index (χ2n) is 6.76. The van der Waals surface area contributed by atoms with Crippen LogP contribution in [0, 0.1) is 11.3 Å². The molecule has 0 N–H and O–H groups in total. The standard InChI is InChI=1S/C20H26O3/c1-4-20(2,3)14-16-10-12-17(13-11-16)22-15-19(21)23-18-8-6-5-7-9-18/h5-10,12-13,16H,4,11,14-15H2,1-3H3/t16-/m0/s1. The Morgan fingerprint density at radius 2 is 2.00 bits per heavy atom. The molecule has 1 aromatic carbocycles. The van der Waals surface area contributed by atoms with Crippen LogP contribution in [0.5, 0.6) is 5.75 Å². The highest BCUT2D eigenvalue weighted by molar-refractivity contribution is 5.73. The fourth-order valence-corrected chi connectivity index (χ4v) is 2.55. The summed E-state index contributed by atoms with van der Waals surface area (Å²) < 4.78 is 10.7. The summed E-state index contributed by atoms with van der Waals surface area (Å²) in [6.45, 7) is 6.76. The van der Waals surface area contributed by atoms with Crippen LogP contribution in [0.15, 0.2) is 54.3 Å². The average molecular weight is 314 g/mol. The second-order valence-corrected chi connectivity index (χ2v) is 6.76. The summed E-state index contributed by atoms with van der Waals surface area (Å²) in [6.07, 6.45) is 9.52. The highest BCUT2D eigenvalue weighted by Crippen LogP contribution is 2.33. The van der Waals surface area contributed by atoms with E-state index in [9.17, 15) is 4.79 Å². The lowest BCUT2D eigenvalue weighted by atomic mass is 9.78. The van der Waals surface area contributed by atoms with Crippen LogP contribution in [0.1, 0.15) is 40.0 Å². The Labute approximate surface area is 139 Å². The molecule has 0 aromatic heterocycles. The molecular weight excluding hydrogens is 288 g/mol. The van der Waals surface area contributed by atoms with Gasteiger partial charge in [-0.05, 0) is 48.5 Å². The molecule has 0 radical (unpaired) electrons. The third-order valence-corrected chi connectivity index (χ3v) is 4.26. The van der Waals surface area contributed by atoms with Crippen LogP contribution in [0.2, 0.25) is 0 Å². The van der Waals surface area contributed by atoms with E-state index < -0.39 is 0 Å². The van der Waals surface area contributed by atoms with Gasteiger partial charge >= 0.3 is 5.97 Å². The molecule has 1 aliphatic rings. The molecule has 2 rings (SSSR count). The molecule has 3 nitrogen and oxygen atoms in total. The van der Waals surface area contributed by atoms with Gasteiger partial charge in [0.1, 0.15) is 11.5 Å². The topological polar surface area (TPSA) is 35.5 Å². The number of carbonyl (C=O) groups excluding carboxylic acids is 1. The van der Waals surface area contributed by atoms with Crippen molar-refractivity contribution in [3.05, 3.63) is 54.3 Å². The van der Waals surface area contributed by atoms with Gasteiger partial charge in [0.25, 0.3) is 0 Å². The number of ether oxygens (including phenoxy) is 2. The molecule has 0 saturated heterocycles. The van der Waals surface area contributed by atoms with E-state index in [4.69, 9.17) is 9.47 Å². The second kappa shape index (κ2) is 8.00. The van der Waals surface area contributed by atoms with Gasteiger partial charge in [-0.2, -0.15) is 0 Å². The number of para-hydroxylation sites is 1. The Kier molecular flexibility index (Phi) is 6.03. The number of rotatable bonds is 7. The number of esters is 1. The van der Waals surface area contributed by atoms with Gasteiger partial charge in [-0.15, -0.1) is 0 Å². The lowest BCUT2D eigenvalue weighted by molar-refractivity contribution is -0.138. The van der Waals surface area contributed by atoms with Gasteiger partial charge in [-0.25, -0.2) is 4.79 Å². The first kappa shape index (κ1) is 17.3. The maximum Gasteiger partial charge on any atom is 0.349 e. The summed E-state index contributed by atoms with van der Waals surface area (Å²) in [6, 6.07) is 9.03. The van der Waals surface area contributed by atoms with Crippen LogP contribution in [0.25, 0.3) is 0 Å². The molecule has 0 unspecified atom stereocenters. The van der Waals surface area contributed by atoms with Crippen molar-refractivity contribution in [2.45, 2.75) is 40.0 Å². The molecule has 1 aromatic rings. The molecule has 0 heterocycles. The van der Waals surface area contributed by atoms with Gasteiger partial charge in [-0.1, -0.05) is 51.5 Å². The van der Waals surface area contributed by atoms with Crippen molar-refractivity contribution < 1.29 is 14.3 Å². The molecule has 1 atom stereocenters. The molecule has 0 bridgehead atoms. The van der Waals surface area contributed by atoms with Crippen LogP contribution in [0.3, 0.4) is 0 Å². The van der Waals surface area contributed by atoms with Crippen LogP contribution in [-0.2, 0) is 9.53 Å². The zero-order valence-corrected chi connectivity index (χ0v) is 14.2. The van der Waals surface area contributed by atoms with Crippen LogP contribution in [-0.4, -0.2) is 12.6 Å². The van der Waals surface area contributed by atoms with Gasteiger partial charge in [0.05, 0.1) is 0 Å². The van der Waals surface area contributed by atoms with Crippen molar-refractivity contribution in [3.8, 4) is 5.75 Å². The van der Waals surface area contributed by atoms with Crippen molar-refractivity contribution in [1.82, 2.24) is 0 Å². The number of hydrogen-bond acceptors (Lipinski definition) is 3. The largest absolute Gasteiger partial charge is 0.482 e. The quantitative estimate of drug-likeness (QED) is 0.530. The van der Waals surface area contributed by atoms with Crippen LogP contribution < -0.4 is 4.74 Å². The minimum Gasteiger partial charge on any atom is -0.482 e. The molecule has 124 valence electrons. The Morgan fingerprint density at radius 1 is 1.26 bits per heavy atom. The molecule has 0 fully saturated rings. The van der Waals surface area contributed by atoms with E-state index in [1.165, 1.54) is 12.8 Å². The van der Waals surface area contributed by atoms with Gasteiger partial charge < -0.3 is 9.47 Å². The van der Waals surface area contributed by atoms with E-state index in [2.05, 4.69) is 32.9 Å². The van der Waals surface area contributed by atoms with E-state index in [1.807, 2.05) is 24.3 Å². The van der Waals surface area contributed by atoms with Gasteiger partial charge in [0.2, 0.25) is 0 Å². The zero-order chi connectivity index (χ0) is 16.7. The summed E-state index contributed by atoms with van der Waals surface area (Å²) in [4.78, 5) is 11.7. The summed E-state index contributed by atoms with van der Waals surface area (Å²) in [5, 5.41) is 0. The lowest BCUT2D eigenvalue weighted by Crippen LogP contribution is -2.17. The highest BCUT2D eigenvalue weighted by Gasteiger charge is 2.21. The smallest absolute Gasteiger partial charge is 0.349 e. The van der Waals surface area contributed by atoms with Crippen molar-refractivity contribution >= 4 is 5.97 Å². The molecule has 23 heavy (non-hydrogen) atoms. The molecule has 0 spiro atoms. The van der Waals surface area contributed by atoms with E-state index in [-0.39, 0.29) is 12.6 Å². The number of allylic oxidation sites excluding steroid dienone is 3. The summed E-state index contributed by atoms with van der Waals surface area (Å²) in [5.41, 5.74) is 0.362. The predicted octanol–water partition coefficient (Wildman–Crippen LogP) is 4.89. The normalized spacial score (nSPS) is 17.5. The van der Waals surface area contributed by atoms with Crippen molar-refractivity contribution in [1.29, 1.82) is 0 Å². The lowest BCUT2D eigenvalue weighted by Gasteiger charge is -2.27. The Balaban J connectivity index is 1.74. The van der Waals surface area contributed by atoms with E-state index in [0.717, 1.165) is 12.2 Å². The van der Waals surface area contributed by atoms with E-state index >= 15 is 0 Å². The fraction of sp³-hybridized carbons (Fsp3) is 0.450. The number of hydrogen-bond donors (Lipinski definition) is 0. The molecule has 3 heteroatoms. The minimum atomic E-state index is -0.389. The predicted molar refractivity (Wildman–Crippen MR) is 92.0 cm³/mol. The third-order valence-electron chi connectivity index (χ3n) is 4.26. The van der Waals surface area contributed by atoms with Crippen molar-refractivity contribution in [2.75, 3.05) is 6.61 Å². The number of carbonyl (C=O) groups is 1. The number of benzene rings is 1. The van der Waals surface area contributed by atoms with Gasteiger partial charge in [-0.3, -0.25) is 0 Å². The molecule has 0 amide bonds. The first-order valence-corrected chi connectivity index (χ1v) is 8.25. The molecule has 0 saturated carbocycles. The maximum absolute atomic E-state index is 11.7. The van der Waals surface area contributed by atoms with Crippen molar-refractivity contribution in [3.63, 3.8) is 0 Å². The zero-order valence-electron chi connectivity index (χ0n) is 14.2. The summed E-state index contributed by atoms with van der Waals surface area (Å²) in [5.74, 6) is 1.45. The van der Waals surface area contributed by atoms with E-state index in [0.29, 0.717) is 17.1 Å². The van der Waals surface area contributed by atoms with Crippen LogP contribution >= 0.6 is 0 Å². The maximum atomic E-state index is 11.7. The van der Waals surface area contributed by atoms with Gasteiger partial charge in [0, 0.05) is 0 Å². The summed E-state index contributed by atoms with van der Waals surface area (Å²) in [7, 11) is 0.